The lowest BCUT2D eigenvalue weighted by atomic mass is 9.98. The van der Waals surface area contributed by atoms with E-state index in [1.165, 1.54) is 12.8 Å². The second kappa shape index (κ2) is 8.54. The summed E-state index contributed by atoms with van der Waals surface area (Å²) in [5, 5.41) is 13.3. The minimum Gasteiger partial charge on any atom is -0.351 e. The van der Waals surface area contributed by atoms with Crippen molar-refractivity contribution in [3.8, 4) is 17.5 Å². The van der Waals surface area contributed by atoms with Gasteiger partial charge >= 0.3 is 0 Å². The van der Waals surface area contributed by atoms with Gasteiger partial charge in [0.25, 0.3) is 0 Å². The van der Waals surface area contributed by atoms with Gasteiger partial charge in [-0.1, -0.05) is 44.5 Å². The highest BCUT2D eigenvalue weighted by Crippen LogP contribution is 2.26. The van der Waals surface area contributed by atoms with Crippen LogP contribution in [-0.4, -0.2) is 29.1 Å². The van der Waals surface area contributed by atoms with E-state index >= 15 is 0 Å². The minimum atomic E-state index is -1.49. The first-order valence-corrected chi connectivity index (χ1v) is 13.4. The fourth-order valence-corrected chi connectivity index (χ4v) is 3.77. The first-order valence-electron chi connectivity index (χ1n) is 9.85. The van der Waals surface area contributed by atoms with Crippen molar-refractivity contribution in [2.75, 3.05) is 5.32 Å². The molecule has 2 heterocycles. The molecule has 2 aromatic rings. The molecule has 1 aliphatic rings. The highest BCUT2D eigenvalue weighted by atomic mass is 28.3. The fourth-order valence-electron chi connectivity index (χ4n) is 3.27. The first kappa shape index (κ1) is 20.0. The van der Waals surface area contributed by atoms with E-state index in [4.69, 9.17) is 0 Å². The van der Waals surface area contributed by atoms with Crippen molar-refractivity contribution >= 4 is 14.0 Å². The van der Waals surface area contributed by atoms with Crippen molar-refractivity contribution in [2.45, 2.75) is 64.2 Å². The molecule has 1 N–H and O–H groups in total. The Balaban J connectivity index is 1.90. The zero-order chi connectivity index (χ0) is 20.1. The lowest BCUT2D eigenvalue weighted by Crippen LogP contribution is -2.18. The number of rotatable bonds is 4. The number of anilines is 1. The largest absolute Gasteiger partial charge is 0.351 e. The zero-order valence-electron chi connectivity index (χ0n) is 17.1. The monoisotopic (exact) mass is 389 g/mol. The Morgan fingerprint density at radius 1 is 1.18 bits per heavy atom. The molecule has 0 bridgehead atoms. The van der Waals surface area contributed by atoms with Crippen molar-refractivity contribution in [3.63, 3.8) is 0 Å². The Kier molecular flexibility index (Phi) is 6.11. The van der Waals surface area contributed by atoms with Crippen molar-refractivity contribution in [2.24, 2.45) is 0 Å². The number of nitriles is 1. The van der Waals surface area contributed by atoms with Crippen LogP contribution in [0.1, 0.15) is 54.2 Å². The van der Waals surface area contributed by atoms with E-state index in [0.717, 1.165) is 18.4 Å². The number of hydrogen-bond acceptors (Lipinski definition) is 5. The fraction of sp³-hybridized carbons (Fsp3) is 0.455. The molecular weight excluding hydrogens is 362 g/mol. The Hall–Kier alpha value is -2.70. The Bertz CT molecular complexity index is 940. The van der Waals surface area contributed by atoms with Crippen LogP contribution in [0.25, 0.3) is 0 Å². The maximum Gasteiger partial charge on any atom is 0.223 e. The smallest absolute Gasteiger partial charge is 0.223 e. The second-order valence-electron chi connectivity index (χ2n) is 8.40. The van der Waals surface area contributed by atoms with Crippen LogP contribution < -0.4 is 5.32 Å². The maximum atomic E-state index is 9.88. The van der Waals surface area contributed by atoms with Crippen molar-refractivity contribution in [3.05, 3.63) is 47.0 Å². The van der Waals surface area contributed by atoms with E-state index in [9.17, 15) is 5.26 Å². The Labute approximate surface area is 168 Å². The van der Waals surface area contributed by atoms with Gasteiger partial charge in [-0.15, -0.1) is 5.54 Å². The summed E-state index contributed by atoms with van der Waals surface area (Å²) < 4.78 is 0. The predicted molar refractivity (Wildman–Crippen MR) is 115 cm³/mol. The van der Waals surface area contributed by atoms with Gasteiger partial charge in [0.1, 0.15) is 19.7 Å². The minimum absolute atomic E-state index is 0.425. The van der Waals surface area contributed by atoms with Crippen LogP contribution in [0.15, 0.2) is 24.4 Å². The molecule has 1 unspecified atom stereocenters. The quantitative estimate of drug-likeness (QED) is 0.619. The molecule has 0 spiro atoms. The average Bonchev–Trinajstić information content (AvgIpc) is 3.16. The number of hydrogen-bond donors (Lipinski definition) is 1. The third kappa shape index (κ3) is 5.18. The van der Waals surface area contributed by atoms with Crippen molar-refractivity contribution in [1.82, 2.24) is 15.0 Å². The standard InChI is InChI=1S/C22H27N5Si/c1-16-15-24-22(26-17-8-5-6-9-17)27-21(16)19(14-23)20-11-7-10-18(25-20)12-13-28(2,3)4/h7,10-11,15,17,19H,5-6,8-9H2,1-4H3,(H,24,26,27). The van der Waals surface area contributed by atoms with Crippen molar-refractivity contribution in [1.29, 1.82) is 5.26 Å². The molecule has 5 nitrogen and oxygen atoms in total. The van der Waals surface area contributed by atoms with Gasteiger partial charge < -0.3 is 5.32 Å². The average molecular weight is 390 g/mol. The molecule has 144 valence electrons. The third-order valence-electron chi connectivity index (χ3n) is 4.73. The predicted octanol–water partition coefficient (Wildman–Crippen LogP) is 4.42. The highest BCUT2D eigenvalue weighted by Gasteiger charge is 2.22. The van der Waals surface area contributed by atoms with Gasteiger partial charge in [0.2, 0.25) is 5.95 Å². The number of aromatic nitrogens is 3. The molecule has 1 saturated carbocycles. The molecule has 0 radical (unpaired) electrons. The molecule has 1 atom stereocenters. The topological polar surface area (TPSA) is 74.5 Å². The van der Waals surface area contributed by atoms with Crippen LogP contribution >= 0.6 is 0 Å². The van der Waals surface area contributed by atoms with Crippen LogP contribution in [0.3, 0.4) is 0 Å². The summed E-state index contributed by atoms with van der Waals surface area (Å²) in [6.45, 7) is 8.54. The van der Waals surface area contributed by atoms with Crippen LogP contribution in [0, 0.1) is 29.7 Å². The molecule has 28 heavy (non-hydrogen) atoms. The number of nitrogens with one attached hydrogen (secondary N) is 1. The van der Waals surface area contributed by atoms with Gasteiger partial charge in [0, 0.05) is 12.2 Å². The Morgan fingerprint density at radius 3 is 2.61 bits per heavy atom. The Morgan fingerprint density at radius 2 is 1.93 bits per heavy atom. The lowest BCUT2D eigenvalue weighted by molar-refractivity contribution is 0.739. The van der Waals surface area contributed by atoms with E-state index in [-0.39, 0.29) is 0 Å². The van der Waals surface area contributed by atoms with E-state index in [2.05, 4.69) is 57.4 Å². The summed E-state index contributed by atoms with van der Waals surface area (Å²) in [7, 11) is -1.49. The highest BCUT2D eigenvalue weighted by molar-refractivity contribution is 6.83. The molecular formula is C22H27N5Si. The third-order valence-corrected chi connectivity index (χ3v) is 5.61. The SMILES string of the molecule is Cc1cnc(NC2CCCC2)nc1C(C#N)c1cccc(C#C[Si](C)(C)C)n1. The lowest BCUT2D eigenvalue weighted by Gasteiger charge is -2.15. The maximum absolute atomic E-state index is 9.88. The summed E-state index contributed by atoms with van der Waals surface area (Å²) in [6, 6.07) is 8.48. The first-order chi connectivity index (χ1) is 13.4. The molecule has 3 rings (SSSR count). The summed E-state index contributed by atoms with van der Waals surface area (Å²) in [4.78, 5) is 13.7. The van der Waals surface area contributed by atoms with Gasteiger partial charge in [-0.2, -0.15) is 5.26 Å². The van der Waals surface area contributed by atoms with E-state index < -0.39 is 14.0 Å². The molecule has 0 aliphatic heterocycles. The van der Waals surface area contributed by atoms with Crippen LogP contribution in [-0.2, 0) is 0 Å². The van der Waals surface area contributed by atoms with Crippen LogP contribution in [0.4, 0.5) is 5.95 Å². The number of aryl methyl sites for hydroxylation is 1. The van der Waals surface area contributed by atoms with Gasteiger partial charge in [-0.25, -0.2) is 15.0 Å². The summed E-state index contributed by atoms with van der Waals surface area (Å²) >= 11 is 0. The number of nitrogens with zero attached hydrogens (tertiary/aromatic N) is 4. The molecule has 0 amide bonds. The molecule has 1 aliphatic carbocycles. The normalized spacial score (nSPS) is 15.4. The zero-order valence-corrected chi connectivity index (χ0v) is 18.1. The number of pyridine rings is 1. The van der Waals surface area contributed by atoms with E-state index in [1.54, 1.807) is 6.20 Å². The molecule has 0 saturated heterocycles. The van der Waals surface area contributed by atoms with E-state index in [0.29, 0.717) is 29.1 Å². The van der Waals surface area contributed by atoms with Crippen LogP contribution in [0.5, 0.6) is 0 Å². The van der Waals surface area contributed by atoms with Gasteiger partial charge in [-0.3, -0.25) is 0 Å². The van der Waals surface area contributed by atoms with Gasteiger partial charge in [0.05, 0.1) is 17.5 Å². The molecule has 6 heteroatoms. The second-order valence-corrected chi connectivity index (χ2v) is 13.1. The van der Waals surface area contributed by atoms with Crippen LogP contribution in [0.2, 0.25) is 19.6 Å². The summed E-state index contributed by atoms with van der Waals surface area (Å²) in [5.74, 6) is 3.23. The molecule has 2 aromatic heterocycles. The van der Waals surface area contributed by atoms with Gasteiger partial charge in [0.15, 0.2) is 0 Å². The molecule has 0 aromatic carbocycles. The van der Waals surface area contributed by atoms with Gasteiger partial charge in [-0.05, 0) is 37.5 Å². The van der Waals surface area contributed by atoms with Crippen molar-refractivity contribution < 1.29 is 0 Å². The summed E-state index contributed by atoms with van der Waals surface area (Å²) in [5.41, 5.74) is 6.32. The summed E-state index contributed by atoms with van der Waals surface area (Å²) in [6.07, 6.45) is 6.57. The van der Waals surface area contributed by atoms with E-state index in [1.807, 2.05) is 25.1 Å². The molecule has 1 fully saturated rings.